The van der Waals surface area contributed by atoms with Crippen LogP contribution < -0.4 is 16.2 Å². The highest BCUT2D eigenvalue weighted by atomic mass is 16.5. The molecular weight excluding hydrogens is 466 g/mol. The molecular formula is C28H33N7O2. The third-order valence-corrected chi connectivity index (χ3v) is 7.24. The van der Waals surface area contributed by atoms with Crippen molar-refractivity contribution in [2.75, 3.05) is 25.1 Å². The van der Waals surface area contributed by atoms with Crippen molar-refractivity contribution in [1.29, 1.82) is 0 Å². The number of hydrogen-bond acceptors (Lipinski definition) is 7. The number of rotatable bonds is 6. The largest absolute Gasteiger partial charge is 0.381 e. The minimum atomic E-state index is -0.129. The normalized spacial score (nSPS) is 16.0. The van der Waals surface area contributed by atoms with E-state index in [9.17, 15) is 4.79 Å². The molecule has 1 saturated heterocycles. The van der Waals surface area contributed by atoms with Crippen LogP contribution in [0.4, 0.5) is 11.6 Å². The van der Waals surface area contributed by atoms with E-state index in [1.54, 1.807) is 17.1 Å². The maximum absolute atomic E-state index is 13.5. The monoisotopic (exact) mass is 499 g/mol. The summed E-state index contributed by atoms with van der Waals surface area (Å²) in [6, 6.07) is 10.4. The molecule has 9 nitrogen and oxygen atoms in total. The third-order valence-electron chi connectivity index (χ3n) is 7.24. The topological polar surface area (TPSA) is 98.9 Å². The Hall–Kier alpha value is -3.56. The predicted molar refractivity (Wildman–Crippen MR) is 144 cm³/mol. The van der Waals surface area contributed by atoms with E-state index < -0.39 is 0 Å². The molecule has 0 unspecified atom stereocenters. The lowest BCUT2D eigenvalue weighted by atomic mass is 9.91. The minimum Gasteiger partial charge on any atom is -0.381 e. The van der Waals surface area contributed by atoms with Crippen LogP contribution in [0.15, 0.2) is 47.5 Å². The molecule has 4 aromatic rings. The molecule has 2 aliphatic rings. The Morgan fingerprint density at radius 3 is 2.78 bits per heavy atom. The zero-order valence-electron chi connectivity index (χ0n) is 21.6. The van der Waals surface area contributed by atoms with E-state index in [0.717, 1.165) is 56.2 Å². The number of fused-ring (bicyclic) bond motifs is 2. The SMILES string of the molecule is CC(C)(C)c1cc(-n2c3nc(Nc4ccc5c(c4)CNCC5)ncc3c(=O)n2CCC2COC2)ccn1. The van der Waals surface area contributed by atoms with Crippen LogP contribution in [0.25, 0.3) is 16.7 Å². The van der Waals surface area contributed by atoms with Crippen LogP contribution in [0, 0.1) is 5.92 Å². The molecule has 0 saturated carbocycles. The summed E-state index contributed by atoms with van der Waals surface area (Å²) < 4.78 is 9.06. The van der Waals surface area contributed by atoms with Gasteiger partial charge in [0.15, 0.2) is 5.65 Å². The van der Waals surface area contributed by atoms with Crippen molar-refractivity contribution >= 4 is 22.7 Å². The summed E-state index contributed by atoms with van der Waals surface area (Å²) in [5.74, 6) is 0.933. The predicted octanol–water partition coefficient (Wildman–Crippen LogP) is 3.70. The standard InChI is InChI=1S/C28H33N7O2/c1-28(2,3)24-13-22(7-10-30-24)35-25-23(26(36)34(35)11-8-18-16-37-17-18)15-31-27(33-25)32-21-5-4-19-6-9-29-14-20(19)12-21/h4-5,7,10,12-13,15,18,29H,6,8-9,11,14,16-17H2,1-3H3,(H,31,32,33). The molecule has 0 atom stereocenters. The van der Waals surface area contributed by atoms with Crippen molar-refractivity contribution < 1.29 is 4.74 Å². The molecule has 3 aromatic heterocycles. The van der Waals surface area contributed by atoms with Crippen molar-refractivity contribution in [3.8, 4) is 5.69 Å². The number of anilines is 2. The zero-order chi connectivity index (χ0) is 25.6. The second-order valence-corrected chi connectivity index (χ2v) is 11.0. The van der Waals surface area contributed by atoms with Gasteiger partial charge in [0.25, 0.3) is 5.56 Å². The van der Waals surface area contributed by atoms with E-state index in [4.69, 9.17) is 9.72 Å². The first-order valence-electron chi connectivity index (χ1n) is 13.0. The first-order chi connectivity index (χ1) is 17.9. The molecule has 192 valence electrons. The average molecular weight is 500 g/mol. The lowest BCUT2D eigenvalue weighted by molar-refractivity contribution is -0.0377. The average Bonchev–Trinajstić information content (AvgIpc) is 3.13. The second kappa shape index (κ2) is 9.39. The maximum atomic E-state index is 13.5. The first kappa shape index (κ1) is 23.8. The van der Waals surface area contributed by atoms with Gasteiger partial charge in [-0.15, -0.1) is 0 Å². The fraction of sp³-hybridized carbons (Fsp3) is 0.429. The number of pyridine rings is 1. The Labute approximate surface area is 215 Å². The van der Waals surface area contributed by atoms with Crippen LogP contribution in [0.3, 0.4) is 0 Å². The third kappa shape index (κ3) is 4.65. The summed E-state index contributed by atoms with van der Waals surface area (Å²) in [6.45, 7) is 10.4. The quantitative estimate of drug-likeness (QED) is 0.417. The van der Waals surface area contributed by atoms with Gasteiger partial charge in [-0.05, 0) is 54.8 Å². The van der Waals surface area contributed by atoms with E-state index in [-0.39, 0.29) is 11.0 Å². The minimum absolute atomic E-state index is 0.0873. The molecule has 6 rings (SSSR count). The van der Waals surface area contributed by atoms with Gasteiger partial charge in [0.2, 0.25) is 5.95 Å². The molecule has 0 spiro atoms. The number of aromatic nitrogens is 5. The van der Waals surface area contributed by atoms with Gasteiger partial charge in [-0.25, -0.2) is 14.3 Å². The van der Waals surface area contributed by atoms with E-state index in [1.165, 1.54) is 11.1 Å². The van der Waals surface area contributed by atoms with Gasteiger partial charge in [-0.3, -0.25) is 9.78 Å². The van der Waals surface area contributed by atoms with Crippen LogP contribution in [-0.4, -0.2) is 44.1 Å². The lowest BCUT2D eigenvalue weighted by Gasteiger charge is -2.26. The fourth-order valence-electron chi connectivity index (χ4n) is 4.96. The Balaban J connectivity index is 1.43. The Bertz CT molecular complexity index is 1510. The number of nitrogens with one attached hydrogen (secondary N) is 2. The molecule has 5 heterocycles. The maximum Gasteiger partial charge on any atom is 0.278 e. The van der Waals surface area contributed by atoms with E-state index in [0.29, 0.717) is 29.4 Å². The number of hydrogen-bond donors (Lipinski definition) is 2. The molecule has 0 amide bonds. The Morgan fingerprint density at radius 2 is 2.00 bits per heavy atom. The second-order valence-electron chi connectivity index (χ2n) is 11.0. The summed E-state index contributed by atoms with van der Waals surface area (Å²) in [6.07, 6.45) is 5.35. The molecule has 0 bridgehead atoms. The van der Waals surface area contributed by atoms with E-state index in [2.05, 4.69) is 59.6 Å². The van der Waals surface area contributed by atoms with Crippen molar-refractivity contribution in [3.05, 3.63) is 69.9 Å². The zero-order valence-corrected chi connectivity index (χ0v) is 21.6. The van der Waals surface area contributed by atoms with Crippen molar-refractivity contribution in [2.24, 2.45) is 5.92 Å². The summed E-state index contributed by atoms with van der Waals surface area (Å²) in [5, 5.41) is 7.27. The van der Waals surface area contributed by atoms with Gasteiger partial charge in [-0.1, -0.05) is 26.8 Å². The smallest absolute Gasteiger partial charge is 0.278 e. The van der Waals surface area contributed by atoms with E-state index >= 15 is 0 Å². The van der Waals surface area contributed by atoms with Gasteiger partial charge in [0.1, 0.15) is 5.39 Å². The summed E-state index contributed by atoms with van der Waals surface area (Å²) in [5.41, 5.74) is 5.77. The summed E-state index contributed by atoms with van der Waals surface area (Å²) in [4.78, 5) is 27.5. The fourth-order valence-corrected chi connectivity index (χ4v) is 4.96. The molecule has 1 fully saturated rings. The number of nitrogens with zero attached hydrogens (tertiary/aromatic N) is 5. The number of ether oxygens (including phenoxy) is 1. The highest BCUT2D eigenvalue weighted by Gasteiger charge is 2.23. The Morgan fingerprint density at radius 1 is 1.14 bits per heavy atom. The highest BCUT2D eigenvalue weighted by molar-refractivity contribution is 5.77. The molecule has 0 aliphatic carbocycles. The Kier molecular flexibility index (Phi) is 6.04. The van der Waals surface area contributed by atoms with Crippen LogP contribution in [0.1, 0.15) is 44.0 Å². The van der Waals surface area contributed by atoms with Crippen molar-refractivity contribution in [2.45, 2.75) is 52.1 Å². The van der Waals surface area contributed by atoms with E-state index in [1.807, 2.05) is 16.8 Å². The van der Waals surface area contributed by atoms with Crippen LogP contribution >= 0.6 is 0 Å². The van der Waals surface area contributed by atoms with Crippen molar-refractivity contribution in [3.63, 3.8) is 0 Å². The summed E-state index contributed by atoms with van der Waals surface area (Å²) >= 11 is 0. The van der Waals surface area contributed by atoms with Gasteiger partial charge in [0.05, 0.1) is 18.9 Å². The van der Waals surface area contributed by atoms with Crippen LogP contribution in [-0.2, 0) is 29.7 Å². The van der Waals surface area contributed by atoms with Gasteiger partial charge in [0, 0.05) is 48.2 Å². The van der Waals surface area contributed by atoms with Crippen LogP contribution in [0.2, 0.25) is 0 Å². The van der Waals surface area contributed by atoms with Gasteiger partial charge >= 0.3 is 0 Å². The molecule has 0 radical (unpaired) electrons. The molecule has 9 heteroatoms. The molecule has 37 heavy (non-hydrogen) atoms. The van der Waals surface area contributed by atoms with Crippen LogP contribution in [0.5, 0.6) is 0 Å². The van der Waals surface area contributed by atoms with Gasteiger partial charge in [-0.2, -0.15) is 4.98 Å². The number of benzene rings is 1. The molecule has 2 aliphatic heterocycles. The first-order valence-corrected chi connectivity index (χ1v) is 13.0. The molecule has 1 aromatic carbocycles. The summed E-state index contributed by atoms with van der Waals surface area (Å²) in [7, 11) is 0. The highest BCUT2D eigenvalue weighted by Crippen LogP contribution is 2.26. The molecule has 2 N–H and O–H groups in total. The van der Waals surface area contributed by atoms with Gasteiger partial charge < -0.3 is 15.4 Å². The van der Waals surface area contributed by atoms with Crippen molar-refractivity contribution in [1.82, 2.24) is 29.6 Å². The lowest BCUT2D eigenvalue weighted by Crippen LogP contribution is -2.31.